The molecule has 1 unspecified atom stereocenters. The van der Waals surface area contributed by atoms with Crippen LogP contribution >= 0.6 is 0 Å². The molecule has 0 spiro atoms. The number of aryl methyl sites for hydroxylation is 1. The summed E-state index contributed by atoms with van der Waals surface area (Å²) in [6.07, 6.45) is 3.74. The fraction of sp³-hybridized carbons (Fsp3) is 0.409. The number of aromatic hydroxyl groups is 1. The molecule has 1 aliphatic heterocycles. The highest BCUT2D eigenvalue weighted by Gasteiger charge is 2.25. The summed E-state index contributed by atoms with van der Waals surface area (Å²) in [5, 5.41) is 12.5. The minimum atomic E-state index is -3.43. The van der Waals surface area contributed by atoms with Crippen molar-refractivity contribution in [2.75, 3.05) is 13.1 Å². The van der Waals surface area contributed by atoms with Gasteiger partial charge in [-0.15, -0.1) is 0 Å². The Hall–Kier alpha value is -2.38. The van der Waals surface area contributed by atoms with Crippen molar-refractivity contribution in [2.45, 2.75) is 50.0 Å². The van der Waals surface area contributed by atoms with Crippen LogP contribution in [0.2, 0.25) is 0 Å². The first-order valence-corrected chi connectivity index (χ1v) is 11.5. The maximum atomic E-state index is 12.7. The number of nitrogens with zero attached hydrogens (tertiary/aromatic N) is 1. The summed E-state index contributed by atoms with van der Waals surface area (Å²) in [5.41, 5.74) is 1.76. The standard InChI is InChI=1S/C22H28N2O4S/c1-17(19-6-5-7-20(25)16-19)23-22(26)13-10-18-8-11-21(12-9-18)29(27,28)24-14-3-2-4-15-24/h5-9,11-12,16-17,25H,2-4,10,13-15H2,1H3,(H,23,26). The molecule has 2 aromatic rings. The third-order valence-corrected chi connectivity index (χ3v) is 7.18. The first kappa shape index (κ1) is 21.3. The third-order valence-electron chi connectivity index (χ3n) is 5.26. The number of carbonyl (C=O) groups is 1. The number of phenolic OH excluding ortho intramolecular Hbond substituents is 1. The second-order valence-electron chi connectivity index (χ2n) is 7.49. The van der Waals surface area contributed by atoms with Crippen LogP contribution in [-0.4, -0.2) is 36.8 Å². The Kier molecular flexibility index (Phi) is 6.92. The van der Waals surface area contributed by atoms with E-state index in [-0.39, 0.29) is 17.7 Å². The van der Waals surface area contributed by atoms with Gasteiger partial charge >= 0.3 is 0 Å². The molecule has 7 heteroatoms. The normalized spacial score (nSPS) is 16.3. The number of amides is 1. The molecule has 0 saturated carbocycles. The molecule has 156 valence electrons. The average Bonchev–Trinajstić information content (AvgIpc) is 2.73. The lowest BCUT2D eigenvalue weighted by molar-refractivity contribution is -0.121. The molecule has 2 aromatic carbocycles. The summed E-state index contributed by atoms with van der Waals surface area (Å²) in [5.74, 6) is 0.0778. The lowest BCUT2D eigenvalue weighted by Crippen LogP contribution is -2.35. The van der Waals surface area contributed by atoms with Crippen LogP contribution < -0.4 is 5.32 Å². The number of phenols is 1. The van der Waals surface area contributed by atoms with Crippen molar-refractivity contribution in [2.24, 2.45) is 0 Å². The van der Waals surface area contributed by atoms with Crippen LogP contribution in [0.1, 0.15) is 49.8 Å². The zero-order valence-electron chi connectivity index (χ0n) is 16.7. The number of hydrogen-bond acceptors (Lipinski definition) is 4. The highest BCUT2D eigenvalue weighted by Crippen LogP contribution is 2.21. The van der Waals surface area contributed by atoms with Gasteiger partial charge in [-0.25, -0.2) is 8.42 Å². The zero-order chi connectivity index (χ0) is 20.9. The summed E-state index contributed by atoms with van der Waals surface area (Å²) in [6.45, 7) is 3.04. The molecular formula is C22H28N2O4S. The van der Waals surface area contributed by atoms with Gasteiger partial charge in [0, 0.05) is 19.5 Å². The molecule has 1 saturated heterocycles. The van der Waals surface area contributed by atoms with Crippen LogP contribution in [0.5, 0.6) is 5.75 Å². The van der Waals surface area contributed by atoms with Crippen molar-refractivity contribution in [3.05, 3.63) is 59.7 Å². The quantitative estimate of drug-likeness (QED) is 0.724. The molecule has 1 amide bonds. The van der Waals surface area contributed by atoms with E-state index in [9.17, 15) is 18.3 Å². The molecule has 0 aliphatic carbocycles. The van der Waals surface area contributed by atoms with E-state index >= 15 is 0 Å². The highest BCUT2D eigenvalue weighted by molar-refractivity contribution is 7.89. The fourth-order valence-electron chi connectivity index (χ4n) is 3.53. The molecule has 3 rings (SSSR count). The van der Waals surface area contributed by atoms with Gasteiger partial charge in [0.1, 0.15) is 5.75 Å². The minimum Gasteiger partial charge on any atom is -0.508 e. The number of carbonyl (C=O) groups excluding carboxylic acids is 1. The van der Waals surface area contributed by atoms with E-state index in [1.54, 1.807) is 46.8 Å². The van der Waals surface area contributed by atoms with Crippen LogP contribution in [-0.2, 0) is 21.2 Å². The van der Waals surface area contributed by atoms with Gasteiger partial charge in [-0.05, 0) is 61.6 Å². The molecular weight excluding hydrogens is 388 g/mol. The Balaban J connectivity index is 1.54. The van der Waals surface area contributed by atoms with Crippen LogP contribution in [0, 0.1) is 0 Å². The predicted molar refractivity (Wildman–Crippen MR) is 112 cm³/mol. The summed E-state index contributed by atoms with van der Waals surface area (Å²) in [6, 6.07) is 13.4. The number of sulfonamides is 1. The van der Waals surface area contributed by atoms with E-state index in [0.29, 0.717) is 30.8 Å². The van der Waals surface area contributed by atoms with Crippen LogP contribution in [0.3, 0.4) is 0 Å². The fourth-order valence-corrected chi connectivity index (χ4v) is 5.05. The van der Waals surface area contributed by atoms with Crippen molar-refractivity contribution >= 4 is 15.9 Å². The van der Waals surface area contributed by atoms with E-state index in [4.69, 9.17) is 0 Å². The van der Waals surface area contributed by atoms with Crippen molar-refractivity contribution in [1.29, 1.82) is 0 Å². The number of nitrogens with one attached hydrogen (secondary N) is 1. The van der Waals surface area contributed by atoms with Gasteiger partial charge in [0.25, 0.3) is 0 Å². The van der Waals surface area contributed by atoms with Gasteiger partial charge in [0.2, 0.25) is 15.9 Å². The maximum Gasteiger partial charge on any atom is 0.243 e. The minimum absolute atomic E-state index is 0.0918. The molecule has 2 N–H and O–H groups in total. The van der Waals surface area contributed by atoms with E-state index in [1.807, 2.05) is 13.0 Å². The SMILES string of the molecule is CC(NC(=O)CCc1ccc(S(=O)(=O)N2CCCCC2)cc1)c1cccc(O)c1. The van der Waals surface area contributed by atoms with E-state index in [1.165, 1.54) is 0 Å². The lowest BCUT2D eigenvalue weighted by atomic mass is 10.1. The van der Waals surface area contributed by atoms with Gasteiger partial charge in [0.05, 0.1) is 10.9 Å². The van der Waals surface area contributed by atoms with Gasteiger partial charge < -0.3 is 10.4 Å². The van der Waals surface area contributed by atoms with Crippen LogP contribution in [0.4, 0.5) is 0 Å². The first-order chi connectivity index (χ1) is 13.9. The van der Waals surface area contributed by atoms with Gasteiger partial charge in [-0.2, -0.15) is 4.31 Å². The van der Waals surface area contributed by atoms with E-state index in [2.05, 4.69) is 5.32 Å². The Morgan fingerprint density at radius 1 is 1.10 bits per heavy atom. The number of benzene rings is 2. The molecule has 29 heavy (non-hydrogen) atoms. The largest absolute Gasteiger partial charge is 0.508 e. The van der Waals surface area contributed by atoms with Crippen molar-refractivity contribution < 1.29 is 18.3 Å². The van der Waals surface area contributed by atoms with Crippen molar-refractivity contribution in [3.8, 4) is 5.75 Å². The first-order valence-electron chi connectivity index (χ1n) is 10.0. The second-order valence-corrected chi connectivity index (χ2v) is 9.43. The second kappa shape index (κ2) is 9.41. The van der Waals surface area contributed by atoms with Crippen molar-refractivity contribution in [3.63, 3.8) is 0 Å². The molecule has 6 nitrogen and oxygen atoms in total. The van der Waals surface area contributed by atoms with Gasteiger partial charge in [0.15, 0.2) is 0 Å². The zero-order valence-corrected chi connectivity index (χ0v) is 17.5. The van der Waals surface area contributed by atoms with Gasteiger partial charge in [-0.3, -0.25) is 4.79 Å². The Morgan fingerprint density at radius 3 is 2.45 bits per heavy atom. The third kappa shape index (κ3) is 5.58. The van der Waals surface area contributed by atoms with Crippen molar-refractivity contribution in [1.82, 2.24) is 9.62 Å². The summed E-state index contributed by atoms with van der Waals surface area (Å²) in [7, 11) is -3.43. The number of hydrogen-bond donors (Lipinski definition) is 2. The van der Waals surface area contributed by atoms with Crippen LogP contribution in [0.15, 0.2) is 53.4 Å². The molecule has 0 bridgehead atoms. The number of rotatable bonds is 7. The molecule has 1 aliphatic rings. The van der Waals surface area contributed by atoms with E-state index < -0.39 is 10.0 Å². The Labute approximate surface area is 172 Å². The van der Waals surface area contributed by atoms with Gasteiger partial charge in [-0.1, -0.05) is 30.7 Å². The summed E-state index contributed by atoms with van der Waals surface area (Å²) in [4.78, 5) is 12.6. The molecule has 1 heterocycles. The number of piperidine rings is 1. The molecule has 0 radical (unpaired) electrons. The highest BCUT2D eigenvalue weighted by atomic mass is 32.2. The molecule has 1 fully saturated rings. The lowest BCUT2D eigenvalue weighted by Gasteiger charge is -2.25. The van der Waals surface area contributed by atoms with Crippen LogP contribution in [0.25, 0.3) is 0 Å². The average molecular weight is 417 g/mol. The maximum absolute atomic E-state index is 12.7. The Morgan fingerprint density at radius 2 is 1.79 bits per heavy atom. The molecule has 0 aromatic heterocycles. The monoisotopic (exact) mass is 416 g/mol. The van der Waals surface area contributed by atoms with E-state index in [0.717, 1.165) is 30.4 Å². The summed E-state index contributed by atoms with van der Waals surface area (Å²) >= 11 is 0. The smallest absolute Gasteiger partial charge is 0.243 e. The predicted octanol–water partition coefficient (Wildman–Crippen LogP) is 3.38. The Bertz CT molecular complexity index is 936. The summed E-state index contributed by atoms with van der Waals surface area (Å²) < 4.78 is 26.9. The molecule has 1 atom stereocenters. The topological polar surface area (TPSA) is 86.7 Å².